The van der Waals surface area contributed by atoms with Crippen LogP contribution in [0.4, 0.5) is 0 Å². The van der Waals surface area contributed by atoms with Gasteiger partial charge in [0.25, 0.3) is 0 Å². The number of carbonyl (C=O) groups excluding carboxylic acids is 2. The molecular weight excluding hydrogens is 309 g/mol. The van der Waals surface area contributed by atoms with Crippen molar-refractivity contribution in [3.8, 4) is 11.4 Å². The number of aromatic nitrogens is 2. The van der Waals surface area contributed by atoms with Gasteiger partial charge in [0.1, 0.15) is 0 Å². The first-order valence-corrected chi connectivity index (χ1v) is 6.99. The van der Waals surface area contributed by atoms with Crippen LogP contribution in [0.5, 0.6) is 0 Å². The van der Waals surface area contributed by atoms with Crippen molar-refractivity contribution in [1.82, 2.24) is 15.5 Å². The Labute approximate surface area is 155 Å². The summed E-state index contributed by atoms with van der Waals surface area (Å²) in [5.41, 5.74) is 0.865. The number of benzene rings is 1. The van der Waals surface area contributed by atoms with Crippen LogP contribution in [-0.4, -0.2) is 28.6 Å². The van der Waals surface area contributed by atoms with Crippen molar-refractivity contribution in [3.05, 3.63) is 36.2 Å². The molecule has 0 atom stereocenters. The van der Waals surface area contributed by atoms with Gasteiger partial charge in [-0.15, -0.1) is 0 Å². The number of nitrogens with one attached hydrogen (secondary N) is 1. The maximum atomic E-state index is 11.5. The largest absolute Gasteiger partial charge is 1.00 e. The molecule has 0 fully saturated rings. The predicted octanol–water partition coefficient (Wildman–Crippen LogP) is -2.68. The van der Waals surface area contributed by atoms with Crippen molar-refractivity contribution >= 4 is 11.9 Å². The molecule has 1 aromatic heterocycles. The number of carboxylic acid groups (broad SMARTS) is 1. The number of rotatable bonds is 8. The summed E-state index contributed by atoms with van der Waals surface area (Å²) in [7, 11) is 0. The van der Waals surface area contributed by atoms with E-state index in [9.17, 15) is 14.7 Å². The summed E-state index contributed by atoms with van der Waals surface area (Å²) in [5, 5.41) is 16.8. The van der Waals surface area contributed by atoms with Crippen LogP contribution >= 0.6 is 0 Å². The van der Waals surface area contributed by atoms with Crippen molar-refractivity contribution in [2.45, 2.75) is 25.7 Å². The first kappa shape index (κ1) is 19.3. The van der Waals surface area contributed by atoms with Gasteiger partial charge in [-0.25, -0.2) is 0 Å². The normalized spacial score (nSPS) is 9.91. The molecular formula is C15H16N3NaO4. The summed E-state index contributed by atoms with van der Waals surface area (Å²) in [4.78, 5) is 25.9. The van der Waals surface area contributed by atoms with E-state index in [1.54, 1.807) is 0 Å². The minimum atomic E-state index is -1.15. The van der Waals surface area contributed by atoms with Crippen LogP contribution in [0.25, 0.3) is 11.4 Å². The van der Waals surface area contributed by atoms with E-state index in [1.807, 2.05) is 30.3 Å². The molecule has 1 N–H and O–H groups in total. The Hall–Kier alpha value is -1.70. The van der Waals surface area contributed by atoms with Crippen LogP contribution in [0.2, 0.25) is 0 Å². The Morgan fingerprint density at radius 2 is 1.91 bits per heavy atom. The van der Waals surface area contributed by atoms with E-state index in [1.165, 1.54) is 0 Å². The van der Waals surface area contributed by atoms with E-state index in [0.717, 1.165) is 5.56 Å². The SMILES string of the molecule is O=C([O-])CCCC(=O)NCCc1nc(-c2ccccc2)no1.[Na+]. The molecule has 116 valence electrons. The molecule has 0 saturated carbocycles. The molecule has 0 aliphatic carbocycles. The van der Waals surface area contributed by atoms with Crippen molar-refractivity contribution in [2.75, 3.05) is 6.54 Å². The maximum absolute atomic E-state index is 11.5. The molecule has 8 heteroatoms. The van der Waals surface area contributed by atoms with Gasteiger partial charge in [0, 0.05) is 30.9 Å². The molecule has 23 heavy (non-hydrogen) atoms. The standard InChI is InChI=1S/C15H17N3O4.Na/c19-12(7-4-8-14(20)21)16-10-9-13-17-15(18-22-13)11-5-2-1-3-6-11;/h1-3,5-6H,4,7-10H2,(H,16,19)(H,20,21);/q;+1/p-1. The number of amides is 1. The second kappa shape index (κ2) is 10.1. The topological polar surface area (TPSA) is 108 Å². The fourth-order valence-corrected chi connectivity index (χ4v) is 1.85. The molecule has 7 nitrogen and oxygen atoms in total. The molecule has 1 amide bonds. The van der Waals surface area contributed by atoms with Crippen molar-refractivity contribution in [1.29, 1.82) is 0 Å². The van der Waals surface area contributed by atoms with Gasteiger partial charge in [-0.2, -0.15) is 4.98 Å². The molecule has 1 heterocycles. The van der Waals surface area contributed by atoms with Crippen LogP contribution in [-0.2, 0) is 16.0 Å². The first-order chi connectivity index (χ1) is 10.6. The van der Waals surface area contributed by atoms with Crippen LogP contribution in [0.1, 0.15) is 25.2 Å². The Balaban J connectivity index is 0.00000264. The number of carboxylic acids is 1. The smallest absolute Gasteiger partial charge is 0.550 e. The predicted molar refractivity (Wildman–Crippen MR) is 75.3 cm³/mol. The summed E-state index contributed by atoms with van der Waals surface area (Å²) in [6.45, 7) is 0.362. The summed E-state index contributed by atoms with van der Waals surface area (Å²) in [5.74, 6) is -0.402. The number of carbonyl (C=O) groups is 2. The van der Waals surface area contributed by atoms with Crippen LogP contribution < -0.4 is 40.0 Å². The summed E-state index contributed by atoms with van der Waals surface area (Å²) in [6.07, 6.45) is 0.740. The first-order valence-electron chi connectivity index (χ1n) is 6.99. The van der Waals surface area contributed by atoms with Gasteiger partial charge < -0.3 is 19.7 Å². The monoisotopic (exact) mass is 325 g/mol. The summed E-state index contributed by atoms with van der Waals surface area (Å²) < 4.78 is 5.12. The Kier molecular flexibility index (Phi) is 8.53. The summed E-state index contributed by atoms with van der Waals surface area (Å²) >= 11 is 0. The molecule has 1 aromatic carbocycles. The molecule has 2 aromatic rings. The third-order valence-corrected chi connectivity index (χ3v) is 2.95. The van der Waals surface area contributed by atoms with Crippen molar-refractivity contribution < 1.29 is 48.8 Å². The van der Waals surface area contributed by atoms with Crippen LogP contribution in [0.3, 0.4) is 0 Å². The van der Waals surface area contributed by atoms with Crippen LogP contribution in [0.15, 0.2) is 34.9 Å². The van der Waals surface area contributed by atoms with E-state index in [0.29, 0.717) is 24.7 Å². The van der Waals surface area contributed by atoms with E-state index < -0.39 is 5.97 Å². The minimum absolute atomic E-state index is 0. The molecule has 2 rings (SSSR count). The van der Waals surface area contributed by atoms with Crippen molar-refractivity contribution in [2.24, 2.45) is 0 Å². The second-order valence-electron chi connectivity index (χ2n) is 4.70. The molecule has 0 aliphatic heterocycles. The quantitative estimate of drug-likeness (QED) is 0.530. The van der Waals surface area contributed by atoms with E-state index in [4.69, 9.17) is 4.52 Å². The third-order valence-electron chi connectivity index (χ3n) is 2.95. The van der Waals surface area contributed by atoms with E-state index in [-0.39, 0.29) is 54.7 Å². The van der Waals surface area contributed by atoms with Gasteiger partial charge in [-0.1, -0.05) is 35.5 Å². The fourth-order valence-electron chi connectivity index (χ4n) is 1.85. The molecule has 0 bridgehead atoms. The van der Waals surface area contributed by atoms with Gasteiger partial charge in [0.15, 0.2) is 0 Å². The minimum Gasteiger partial charge on any atom is -0.550 e. The van der Waals surface area contributed by atoms with Crippen molar-refractivity contribution in [3.63, 3.8) is 0 Å². The van der Waals surface area contributed by atoms with E-state index >= 15 is 0 Å². The zero-order valence-corrected chi connectivity index (χ0v) is 14.9. The summed E-state index contributed by atoms with van der Waals surface area (Å²) in [6, 6.07) is 9.44. The zero-order chi connectivity index (χ0) is 15.8. The van der Waals surface area contributed by atoms with Gasteiger partial charge in [0.05, 0.1) is 0 Å². The fraction of sp³-hybridized carbons (Fsp3) is 0.333. The Morgan fingerprint density at radius 1 is 1.17 bits per heavy atom. The van der Waals surface area contributed by atoms with Crippen LogP contribution in [0, 0.1) is 0 Å². The Bertz CT molecular complexity index is 631. The van der Waals surface area contributed by atoms with Gasteiger partial charge >= 0.3 is 29.6 Å². The molecule has 0 unspecified atom stereocenters. The number of hydrogen-bond donors (Lipinski definition) is 1. The third kappa shape index (κ3) is 6.94. The maximum Gasteiger partial charge on any atom is 1.00 e. The number of nitrogens with zero attached hydrogens (tertiary/aromatic N) is 2. The molecule has 0 aliphatic rings. The Morgan fingerprint density at radius 3 is 2.61 bits per heavy atom. The molecule has 0 radical (unpaired) electrons. The van der Waals surface area contributed by atoms with E-state index in [2.05, 4.69) is 15.5 Å². The number of hydrogen-bond acceptors (Lipinski definition) is 6. The molecule has 0 spiro atoms. The average molecular weight is 325 g/mol. The van der Waals surface area contributed by atoms with Gasteiger partial charge in [-0.05, 0) is 12.8 Å². The van der Waals surface area contributed by atoms with Gasteiger partial charge in [0.2, 0.25) is 17.6 Å². The average Bonchev–Trinajstić information content (AvgIpc) is 2.97. The zero-order valence-electron chi connectivity index (χ0n) is 12.9. The molecule has 0 saturated heterocycles. The second-order valence-corrected chi connectivity index (χ2v) is 4.70. The number of aliphatic carboxylic acids is 1. The van der Waals surface area contributed by atoms with Gasteiger partial charge in [-0.3, -0.25) is 4.79 Å².